The van der Waals surface area contributed by atoms with Gasteiger partial charge < -0.3 is 14.8 Å². The molecule has 3 nitrogen and oxygen atoms in total. The molecule has 0 aliphatic heterocycles. The topological polar surface area (TPSA) is 30.5 Å². The van der Waals surface area contributed by atoms with Gasteiger partial charge in [-0.3, -0.25) is 0 Å². The molecule has 3 heteroatoms. The second-order valence-corrected chi connectivity index (χ2v) is 5.74. The lowest BCUT2D eigenvalue weighted by atomic mass is 9.93. The first kappa shape index (κ1) is 18.0. The molecule has 0 radical (unpaired) electrons. The van der Waals surface area contributed by atoms with E-state index in [1.165, 1.54) is 5.56 Å². The summed E-state index contributed by atoms with van der Waals surface area (Å²) < 4.78 is 11.5. The van der Waals surface area contributed by atoms with Crippen LogP contribution in [0.5, 0.6) is 5.75 Å². The first-order valence-electron chi connectivity index (χ1n) is 8.10. The van der Waals surface area contributed by atoms with Crippen molar-refractivity contribution in [1.29, 1.82) is 0 Å². The Bertz CT molecular complexity index is 393. The summed E-state index contributed by atoms with van der Waals surface area (Å²) in [4.78, 5) is 0. The van der Waals surface area contributed by atoms with Gasteiger partial charge in [-0.2, -0.15) is 0 Å². The first-order chi connectivity index (χ1) is 10.1. The highest BCUT2D eigenvalue weighted by Crippen LogP contribution is 2.22. The minimum atomic E-state index is 0.214. The van der Waals surface area contributed by atoms with Crippen LogP contribution in [0.2, 0.25) is 0 Å². The minimum Gasteiger partial charge on any atom is -0.496 e. The highest BCUT2D eigenvalue weighted by Gasteiger charge is 2.25. The number of para-hydroxylation sites is 1. The molecule has 0 aromatic heterocycles. The fourth-order valence-electron chi connectivity index (χ4n) is 2.71. The monoisotopic (exact) mass is 293 g/mol. The van der Waals surface area contributed by atoms with Crippen LogP contribution in [0.15, 0.2) is 24.3 Å². The Morgan fingerprint density at radius 2 is 1.86 bits per heavy atom. The molecule has 120 valence electrons. The maximum Gasteiger partial charge on any atom is 0.122 e. The van der Waals surface area contributed by atoms with Crippen LogP contribution in [0.4, 0.5) is 0 Å². The van der Waals surface area contributed by atoms with E-state index < -0.39 is 0 Å². The molecule has 1 aromatic carbocycles. The molecule has 21 heavy (non-hydrogen) atoms. The summed E-state index contributed by atoms with van der Waals surface area (Å²) >= 11 is 0. The third kappa shape index (κ3) is 5.68. The van der Waals surface area contributed by atoms with Crippen LogP contribution in [0.1, 0.15) is 39.7 Å². The number of hydrogen-bond acceptors (Lipinski definition) is 3. The molecule has 1 rings (SSSR count). The smallest absolute Gasteiger partial charge is 0.122 e. The number of hydrogen-bond donors (Lipinski definition) is 1. The van der Waals surface area contributed by atoms with Crippen molar-refractivity contribution in [3.8, 4) is 5.75 Å². The van der Waals surface area contributed by atoms with Gasteiger partial charge in [-0.25, -0.2) is 0 Å². The number of methoxy groups -OCH3 is 1. The van der Waals surface area contributed by atoms with E-state index in [1.807, 2.05) is 12.1 Å². The van der Waals surface area contributed by atoms with Crippen molar-refractivity contribution >= 4 is 0 Å². The SMILES string of the molecule is CCCNC(Cc1ccccc1OC)C(OCC)C(C)C. The van der Waals surface area contributed by atoms with E-state index in [0.717, 1.165) is 31.7 Å². The van der Waals surface area contributed by atoms with Crippen LogP contribution in [-0.4, -0.2) is 32.4 Å². The van der Waals surface area contributed by atoms with Gasteiger partial charge in [0.1, 0.15) is 5.75 Å². The second kappa shape index (κ2) is 9.80. The fraction of sp³-hybridized carbons (Fsp3) is 0.667. The fourth-order valence-corrected chi connectivity index (χ4v) is 2.71. The van der Waals surface area contributed by atoms with E-state index in [2.05, 4.69) is 45.1 Å². The van der Waals surface area contributed by atoms with Crippen molar-refractivity contribution < 1.29 is 9.47 Å². The summed E-state index contributed by atoms with van der Waals surface area (Å²) in [5.74, 6) is 1.44. The highest BCUT2D eigenvalue weighted by atomic mass is 16.5. The molecule has 2 unspecified atom stereocenters. The quantitative estimate of drug-likeness (QED) is 0.714. The maximum atomic E-state index is 6.01. The van der Waals surface area contributed by atoms with Crippen molar-refractivity contribution in [2.24, 2.45) is 5.92 Å². The molecule has 0 aliphatic carbocycles. The van der Waals surface area contributed by atoms with Crippen LogP contribution in [-0.2, 0) is 11.2 Å². The van der Waals surface area contributed by atoms with E-state index in [-0.39, 0.29) is 6.10 Å². The molecule has 1 aromatic rings. The van der Waals surface area contributed by atoms with Gasteiger partial charge in [0.05, 0.1) is 13.2 Å². The van der Waals surface area contributed by atoms with Gasteiger partial charge >= 0.3 is 0 Å². The predicted molar refractivity (Wildman–Crippen MR) is 89.0 cm³/mol. The number of nitrogens with one attached hydrogen (secondary N) is 1. The average Bonchev–Trinajstić information content (AvgIpc) is 2.49. The molecule has 0 saturated carbocycles. The summed E-state index contributed by atoms with van der Waals surface area (Å²) in [6.45, 7) is 10.5. The molecule has 0 heterocycles. The molecular weight excluding hydrogens is 262 g/mol. The zero-order valence-corrected chi connectivity index (χ0v) is 14.2. The summed E-state index contributed by atoms with van der Waals surface area (Å²) in [5, 5.41) is 3.65. The minimum absolute atomic E-state index is 0.214. The Morgan fingerprint density at radius 3 is 2.43 bits per heavy atom. The molecule has 0 fully saturated rings. The van der Waals surface area contributed by atoms with Crippen LogP contribution >= 0.6 is 0 Å². The van der Waals surface area contributed by atoms with Gasteiger partial charge in [0.15, 0.2) is 0 Å². The van der Waals surface area contributed by atoms with Crippen molar-refractivity contribution in [2.45, 2.75) is 52.7 Å². The molecule has 0 aliphatic rings. The number of rotatable bonds is 10. The lowest BCUT2D eigenvalue weighted by Crippen LogP contribution is -2.46. The normalized spacial score (nSPS) is 14.2. The molecule has 0 bridgehead atoms. The van der Waals surface area contributed by atoms with Crippen molar-refractivity contribution in [1.82, 2.24) is 5.32 Å². The van der Waals surface area contributed by atoms with Gasteiger partial charge in [0, 0.05) is 12.6 Å². The van der Waals surface area contributed by atoms with Crippen molar-refractivity contribution in [3.63, 3.8) is 0 Å². The Kier molecular flexibility index (Phi) is 8.40. The number of ether oxygens (including phenoxy) is 2. The Hall–Kier alpha value is -1.06. The Morgan fingerprint density at radius 1 is 1.14 bits per heavy atom. The zero-order chi connectivity index (χ0) is 15.7. The molecular formula is C18H31NO2. The van der Waals surface area contributed by atoms with E-state index in [9.17, 15) is 0 Å². The third-order valence-corrected chi connectivity index (χ3v) is 3.70. The molecule has 2 atom stereocenters. The van der Waals surface area contributed by atoms with E-state index in [0.29, 0.717) is 12.0 Å². The van der Waals surface area contributed by atoms with E-state index in [4.69, 9.17) is 9.47 Å². The standard InChI is InChI=1S/C18H31NO2/c1-6-12-19-16(18(14(3)4)21-7-2)13-15-10-8-9-11-17(15)20-5/h8-11,14,16,18-19H,6-7,12-13H2,1-5H3. The van der Waals surface area contributed by atoms with Crippen LogP contribution in [0, 0.1) is 5.92 Å². The molecule has 0 saturated heterocycles. The van der Waals surface area contributed by atoms with Gasteiger partial charge in [0.25, 0.3) is 0 Å². The highest BCUT2D eigenvalue weighted by molar-refractivity contribution is 5.34. The van der Waals surface area contributed by atoms with E-state index >= 15 is 0 Å². The Balaban J connectivity index is 2.90. The predicted octanol–water partition coefficient (Wildman–Crippen LogP) is 3.67. The second-order valence-electron chi connectivity index (χ2n) is 5.74. The maximum absolute atomic E-state index is 6.01. The lowest BCUT2D eigenvalue weighted by Gasteiger charge is -2.31. The molecule has 0 spiro atoms. The summed E-state index contributed by atoms with van der Waals surface area (Å²) in [5.41, 5.74) is 1.24. The zero-order valence-electron chi connectivity index (χ0n) is 14.2. The Labute approximate surface area is 130 Å². The molecule has 1 N–H and O–H groups in total. The van der Waals surface area contributed by atoms with Crippen LogP contribution in [0.25, 0.3) is 0 Å². The van der Waals surface area contributed by atoms with Crippen LogP contribution in [0.3, 0.4) is 0 Å². The molecule has 0 amide bonds. The summed E-state index contributed by atoms with van der Waals surface area (Å²) in [7, 11) is 1.73. The summed E-state index contributed by atoms with van der Waals surface area (Å²) in [6.07, 6.45) is 2.26. The van der Waals surface area contributed by atoms with Crippen molar-refractivity contribution in [2.75, 3.05) is 20.3 Å². The number of benzene rings is 1. The third-order valence-electron chi connectivity index (χ3n) is 3.70. The lowest BCUT2D eigenvalue weighted by molar-refractivity contribution is 0.00352. The van der Waals surface area contributed by atoms with Gasteiger partial charge in [0.2, 0.25) is 0 Å². The van der Waals surface area contributed by atoms with E-state index in [1.54, 1.807) is 7.11 Å². The van der Waals surface area contributed by atoms with Crippen LogP contribution < -0.4 is 10.1 Å². The largest absolute Gasteiger partial charge is 0.496 e. The first-order valence-corrected chi connectivity index (χ1v) is 8.10. The van der Waals surface area contributed by atoms with Gasteiger partial charge in [-0.05, 0) is 43.9 Å². The van der Waals surface area contributed by atoms with Crippen molar-refractivity contribution in [3.05, 3.63) is 29.8 Å². The summed E-state index contributed by atoms with van der Waals surface area (Å²) in [6, 6.07) is 8.56. The van der Waals surface area contributed by atoms with Gasteiger partial charge in [-0.15, -0.1) is 0 Å². The average molecular weight is 293 g/mol. The van der Waals surface area contributed by atoms with Gasteiger partial charge in [-0.1, -0.05) is 39.0 Å².